The van der Waals surface area contributed by atoms with Gasteiger partial charge in [-0.15, -0.1) is 0 Å². The number of methoxy groups -OCH3 is 1. The van der Waals surface area contributed by atoms with Crippen molar-refractivity contribution in [3.63, 3.8) is 0 Å². The Hall–Kier alpha value is -2.16. The number of para-hydroxylation sites is 1. The van der Waals surface area contributed by atoms with Gasteiger partial charge in [0.1, 0.15) is 16.8 Å². The Balaban J connectivity index is 1.59. The van der Waals surface area contributed by atoms with Crippen LogP contribution in [0.4, 0.5) is 5.82 Å². The lowest BCUT2D eigenvalue weighted by molar-refractivity contribution is -0.364. The first-order valence-electron chi connectivity index (χ1n) is 8.56. The van der Waals surface area contributed by atoms with Crippen molar-refractivity contribution in [2.45, 2.75) is 11.3 Å². The normalized spacial score (nSPS) is 15.6. The van der Waals surface area contributed by atoms with E-state index in [2.05, 4.69) is 10.3 Å². The van der Waals surface area contributed by atoms with Crippen LogP contribution >= 0.6 is 0 Å². The highest BCUT2D eigenvalue weighted by atomic mass is 32.2. The quantitative estimate of drug-likeness (QED) is 0.783. The van der Waals surface area contributed by atoms with E-state index < -0.39 is 10.0 Å². The molecule has 1 aliphatic rings. The van der Waals surface area contributed by atoms with Gasteiger partial charge >= 0.3 is 0 Å². The number of anilines is 1. The van der Waals surface area contributed by atoms with Crippen LogP contribution in [0, 0.1) is 0 Å². The highest BCUT2D eigenvalue weighted by molar-refractivity contribution is 7.89. The molecule has 0 atom stereocenters. The zero-order chi connectivity index (χ0) is 18.4. The van der Waals surface area contributed by atoms with Gasteiger partial charge in [-0.2, -0.15) is 4.31 Å². The van der Waals surface area contributed by atoms with Crippen molar-refractivity contribution in [2.75, 3.05) is 45.3 Å². The summed E-state index contributed by atoms with van der Waals surface area (Å²) in [4.78, 5) is 3.28. The summed E-state index contributed by atoms with van der Waals surface area (Å²) in [5, 5.41) is 3.26. The van der Waals surface area contributed by atoms with Crippen LogP contribution in [0.5, 0.6) is 5.75 Å². The van der Waals surface area contributed by atoms with E-state index in [0.717, 1.165) is 23.6 Å². The Morgan fingerprint density at radius 2 is 1.96 bits per heavy atom. The Morgan fingerprint density at radius 1 is 1.19 bits per heavy atom. The Bertz CT molecular complexity index is 819. The maximum absolute atomic E-state index is 12.6. The molecule has 0 saturated carbocycles. The molecule has 1 aromatic carbocycles. The number of aromatic nitrogens is 1. The first-order valence-corrected chi connectivity index (χ1v) is 10.0. The van der Waals surface area contributed by atoms with Gasteiger partial charge in [-0.25, -0.2) is 13.4 Å². The van der Waals surface area contributed by atoms with Crippen molar-refractivity contribution in [2.24, 2.45) is 0 Å². The van der Waals surface area contributed by atoms with E-state index in [0.29, 0.717) is 32.8 Å². The lowest BCUT2D eigenvalue weighted by atomic mass is 10.1. The summed E-state index contributed by atoms with van der Waals surface area (Å²) in [5.41, 5.74) is 1.12. The molecule has 3 rings (SSSR count). The van der Waals surface area contributed by atoms with Gasteiger partial charge in [-0.1, -0.05) is 18.2 Å². The van der Waals surface area contributed by atoms with Crippen LogP contribution in [0.2, 0.25) is 0 Å². The molecule has 8 heteroatoms. The van der Waals surface area contributed by atoms with Gasteiger partial charge in [-0.3, -0.25) is 5.32 Å². The molecule has 2 heterocycles. The fraction of sp³-hybridized carbons (Fsp3) is 0.389. The molecule has 2 N–H and O–H groups in total. The minimum atomic E-state index is -3.47. The topological polar surface area (TPSA) is 82.0 Å². The average Bonchev–Trinajstić information content (AvgIpc) is 2.69. The zero-order valence-corrected chi connectivity index (χ0v) is 15.6. The Kier molecular flexibility index (Phi) is 6.08. The van der Waals surface area contributed by atoms with Crippen LogP contribution in [0.15, 0.2) is 47.5 Å². The van der Waals surface area contributed by atoms with Crippen LogP contribution < -0.4 is 15.0 Å². The van der Waals surface area contributed by atoms with Gasteiger partial charge in [0.05, 0.1) is 26.9 Å². The van der Waals surface area contributed by atoms with Crippen LogP contribution in [0.1, 0.15) is 5.56 Å². The zero-order valence-electron chi connectivity index (χ0n) is 14.8. The largest absolute Gasteiger partial charge is 0.496 e. The number of morpholine rings is 1. The van der Waals surface area contributed by atoms with Gasteiger partial charge in [-0.05, 0) is 17.7 Å². The standard InChI is InChI=1S/C18H23N3O4S/c1-24-17-5-3-2-4-15(17)8-9-19-18-7-6-16(14-20-18)26(22,23)21-10-12-25-13-11-21/h2-7,14H,8-13H2,1H3,(H,19,20)/p+1. The van der Waals surface area contributed by atoms with E-state index in [1.165, 1.54) is 10.5 Å². The first-order chi connectivity index (χ1) is 12.6. The minimum absolute atomic E-state index is 0.259. The number of benzene rings is 1. The molecule has 1 aromatic heterocycles. The van der Waals surface area contributed by atoms with Crippen molar-refractivity contribution in [3.05, 3.63) is 48.2 Å². The third-order valence-electron chi connectivity index (χ3n) is 4.29. The summed E-state index contributed by atoms with van der Waals surface area (Å²) in [6.45, 7) is 2.35. The van der Waals surface area contributed by atoms with E-state index in [4.69, 9.17) is 9.47 Å². The monoisotopic (exact) mass is 378 g/mol. The number of nitrogens with zero attached hydrogens (tertiary/aromatic N) is 1. The van der Waals surface area contributed by atoms with Gasteiger partial charge < -0.3 is 9.47 Å². The molecule has 7 nitrogen and oxygen atoms in total. The van der Waals surface area contributed by atoms with Crippen LogP contribution in [-0.4, -0.2) is 52.7 Å². The fourth-order valence-corrected chi connectivity index (χ4v) is 4.23. The molecule has 0 bridgehead atoms. The summed E-state index contributed by atoms with van der Waals surface area (Å²) in [5.74, 6) is 1.63. The van der Waals surface area contributed by atoms with E-state index in [1.54, 1.807) is 19.2 Å². The molecule has 1 saturated heterocycles. The second-order valence-electron chi connectivity index (χ2n) is 5.94. The molecule has 1 fully saturated rings. The number of hydrogen-bond acceptors (Lipinski definition) is 5. The maximum atomic E-state index is 12.6. The molecule has 0 radical (unpaired) electrons. The van der Waals surface area contributed by atoms with Crippen molar-refractivity contribution in [1.29, 1.82) is 0 Å². The molecular formula is C18H24N3O4S+. The predicted molar refractivity (Wildman–Crippen MR) is 97.8 cm³/mol. The van der Waals surface area contributed by atoms with Crippen LogP contribution in [-0.2, 0) is 21.2 Å². The summed E-state index contributed by atoms with van der Waals surface area (Å²) in [6, 6.07) is 11.3. The van der Waals surface area contributed by atoms with Gasteiger partial charge in [0.15, 0.2) is 0 Å². The van der Waals surface area contributed by atoms with E-state index in [-0.39, 0.29) is 4.90 Å². The van der Waals surface area contributed by atoms with Crippen molar-refractivity contribution in [1.82, 2.24) is 4.31 Å². The summed E-state index contributed by atoms with van der Waals surface area (Å²) >= 11 is 0. The average molecular weight is 378 g/mol. The molecule has 0 amide bonds. The van der Waals surface area contributed by atoms with Crippen LogP contribution in [0.25, 0.3) is 0 Å². The number of pyridine rings is 1. The number of aromatic amines is 1. The van der Waals surface area contributed by atoms with Crippen molar-refractivity contribution >= 4 is 15.8 Å². The molecule has 0 aliphatic carbocycles. The first kappa shape index (κ1) is 18.6. The second kappa shape index (κ2) is 8.48. The second-order valence-corrected chi connectivity index (χ2v) is 7.88. The van der Waals surface area contributed by atoms with Crippen LogP contribution in [0.3, 0.4) is 0 Å². The SMILES string of the molecule is COc1ccccc1CCNc1ccc(S(=O)(=O)N2CCOCC2)c[nH+]1. The number of nitrogens with one attached hydrogen (secondary N) is 2. The highest BCUT2D eigenvalue weighted by Gasteiger charge is 2.27. The van der Waals surface area contributed by atoms with Crippen molar-refractivity contribution in [3.8, 4) is 5.75 Å². The van der Waals surface area contributed by atoms with Gasteiger partial charge in [0.25, 0.3) is 5.82 Å². The summed E-state index contributed by atoms with van der Waals surface area (Å²) < 4.78 is 37.2. The van der Waals surface area contributed by atoms with E-state index in [1.807, 2.05) is 24.3 Å². The van der Waals surface area contributed by atoms with Gasteiger partial charge in [0.2, 0.25) is 10.0 Å². The molecular weight excluding hydrogens is 354 g/mol. The predicted octanol–water partition coefficient (Wildman–Crippen LogP) is 1.18. The maximum Gasteiger partial charge on any atom is 0.272 e. The summed E-state index contributed by atoms with van der Waals surface area (Å²) in [6.07, 6.45) is 2.32. The van der Waals surface area contributed by atoms with Gasteiger partial charge in [0, 0.05) is 25.6 Å². The molecule has 26 heavy (non-hydrogen) atoms. The number of sulfonamides is 1. The molecule has 2 aromatic rings. The molecule has 140 valence electrons. The lowest BCUT2D eigenvalue weighted by Crippen LogP contribution is -2.40. The third kappa shape index (κ3) is 4.32. The number of ether oxygens (including phenoxy) is 2. The highest BCUT2D eigenvalue weighted by Crippen LogP contribution is 2.18. The van der Waals surface area contributed by atoms with Crippen molar-refractivity contribution < 1.29 is 22.9 Å². The minimum Gasteiger partial charge on any atom is -0.496 e. The molecule has 1 aliphatic heterocycles. The number of hydrogen-bond donors (Lipinski definition) is 1. The third-order valence-corrected chi connectivity index (χ3v) is 6.19. The Labute approximate surface area is 154 Å². The fourth-order valence-electron chi connectivity index (χ4n) is 2.86. The number of rotatable bonds is 7. The van der Waals surface area contributed by atoms with E-state index in [9.17, 15) is 8.42 Å². The van der Waals surface area contributed by atoms with E-state index >= 15 is 0 Å². The molecule has 0 unspecified atom stereocenters. The molecule has 0 spiro atoms. The smallest absolute Gasteiger partial charge is 0.272 e. The summed E-state index contributed by atoms with van der Waals surface area (Å²) in [7, 11) is -1.81. The lowest BCUT2D eigenvalue weighted by Gasteiger charge is -2.25. The number of H-pyrrole nitrogens is 1. The Morgan fingerprint density at radius 3 is 2.65 bits per heavy atom.